The number of carbonyl (C=O) groups is 1. The maximum atomic E-state index is 13.1. The van der Waals surface area contributed by atoms with Crippen LogP contribution in [0.25, 0.3) is 0 Å². The average Bonchev–Trinajstić information content (AvgIpc) is 3.39. The van der Waals surface area contributed by atoms with E-state index in [1.165, 1.54) is 36.7 Å². The Hall–Kier alpha value is -1.92. The van der Waals surface area contributed by atoms with Crippen molar-refractivity contribution in [1.29, 1.82) is 0 Å². The van der Waals surface area contributed by atoms with Gasteiger partial charge >= 0.3 is 5.97 Å². The van der Waals surface area contributed by atoms with Gasteiger partial charge in [-0.2, -0.15) is 4.31 Å². The normalized spacial score (nSPS) is 17.6. The molecule has 2 fully saturated rings. The van der Waals surface area contributed by atoms with Crippen molar-refractivity contribution < 1.29 is 32.2 Å². The Balaban J connectivity index is 1.60. The molecule has 0 amide bonds. The predicted molar refractivity (Wildman–Crippen MR) is 128 cm³/mol. The molecule has 11 heteroatoms. The second-order valence-electron chi connectivity index (χ2n) is 7.25. The summed E-state index contributed by atoms with van der Waals surface area (Å²) in [4.78, 5) is 13.1. The molecule has 8 nitrogen and oxygen atoms in total. The van der Waals surface area contributed by atoms with E-state index in [4.69, 9.17) is 18.9 Å². The lowest BCUT2D eigenvalue weighted by Crippen LogP contribution is -2.40. The topological polar surface area (TPSA) is 91.4 Å². The maximum absolute atomic E-state index is 13.1. The Morgan fingerprint density at radius 1 is 0.970 bits per heavy atom. The van der Waals surface area contributed by atoms with E-state index in [1.54, 1.807) is 6.07 Å². The molecular weight excluding hydrogens is 486 g/mol. The van der Waals surface area contributed by atoms with Crippen LogP contribution in [-0.4, -0.2) is 70.7 Å². The Labute approximate surface area is 202 Å². The molecule has 0 aromatic heterocycles. The third kappa shape index (κ3) is 5.27. The Bertz CT molecular complexity index is 1110. The van der Waals surface area contributed by atoms with Gasteiger partial charge in [0.2, 0.25) is 10.0 Å². The fourth-order valence-corrected chi connectivity index (χ4v) is 7.84. The van der Waals surface area contributed by atoms with Crippen LogP contribution in [0.3, 0.4) is 0 Å². The van der Waals surface area contributed by atoms with Crippen LogP contribution >= 0.6 is 23.5 Å². The Morgan fingerprint density at radius 3 is 2.30 bits per heavy atom. The van der Waals surface area contributed by atoms with E-state index in [0.717, 1.165) is 17.1 Å². The number of esters is 1. The van der Waals surface area contributed by atoms with E-state index in [9.17, 15) is 13.2 Å². The molecular formula is C22H25NO7S3. The van der Waals surface area contributed by atoms with Crippen molar-refractivity contribution >= 4 is 39.5 Å². The minimum Gasteiger partial charge on any atom is -0.496 e. The smallest absolute Gasteiger partial charge is 0.347 e. The lowest BCUT2D eigenvalue weighted by atomic mass is 10.2. The first-order valence-electron chi connectivity index (χ1n) is 10.3. The summed E-state index contributed by atoms with van der Waals surface area (Å²) in [6.07, 6.45) is 0. The molecule has 33 heavy (non-hydrogen) atoms. The minimum absolute atomic E-state index is 0.00486. The molecule has 0 bridgehead atoms. The first kappa shape index (κ1) is 24.2. The molecule has 0 aliphatic carbocycles. The van der Waals surface area contributed by atoms with E-state index < -0.39 is 16.0 Å². The number of morpholine rings is 1. The van der Waals surface area contributed by atoms with E-state index in [1.807, 2.05) is 35.7 Å². The number of hydrogen-bond donors (Lipinski definition) is 0. The number of ether oxygens (including phenoxy) is 4. The molecule has 0 radical (unpaired) electrons. The molecule has 2 aromatic carbocycles. The van der Waals surface area contributed by atoms with Crippen molar-refractivity contribution in [2.24, 2.45) is 0 Å². The summed E-state index contributed by atoms with van der Waals surface area (Å²) in [5, 5.41) is 0. The first-order chi connectivity index (χ1) is 15.9. The molecule has 0 spiro atoms. The largest absolute Gasteiger partial charge is 0.496 e. The third-order valence-electron chi connectivity index (χ3n) is 5.28. The van der Waals surface area contributed by atoms with Gasteiger partial charge in [0.15, 0.2) is 11.5 Å². The standard InChI is InChI=1S/C22H25NO7S3/c1-27-18-6-4-16(33(25,26)23-7-9-29-10-8-23)14-17(18)21(24)30-19-5-3-15(13-20(19)28-2)22-31-11-12-32-22/h3-6,13-14,22H,7-12H2,1-2H3. The summed E-state index contributed by atoms with van der Waals surface area (Å²) in [6, 6.07) is 9.66. The Kier molecular flexibility index (Phi) is 7.75. The van der Waals surface area contributed by atoms with Crippen LogP contribution < -0.4 is 14.2 Å². The van der Waals surface area contributed by atoms with Gasteiger partial charge in [-0.1, -0.05) is 6.07 Å². The molecule has 2 aliphatic heterocycles. The SMILES string of the molecule is COc1cc(C2SCCS2)ccc1OC(=O)c1cc(S(=O)(=O)N2CCOCC2)ccc1OC. The number of sulfonamides is 1. The molecule has 4 rings (SSSR count). The molecule has 0 saturated carbocycles. The van der Waals surface area contributed by atoms with Crippen LogP contribution in [0.15, 0.2) is 41.3 Å². The van der Waals surface area contributed by atoms with Crippen LogP contribution in [-0.2, 0) is 14.8 Å². The highest BCUT2D eigenvalue weighted by atomic mass is 32.2. The van der Waals surface area contributed by atoms with E-state index in [0.29, 0.717) is 23.5 Å². The lowest BCUT2D eigenvalue weighted by molar-refractivity contribution is 0.0722. The summed E-state index contributed by atoms with van der Waals surface area (Å²) in [6.45, 7) is 1.18. The molecule has 2 aliphatic rings. The van der Waals surface area contributed by atoms with E-state index in [-0.39, 0.29) is 35.0 Å². The van der Waals surface area contributed by atoms with Crippen LogP contribution in [0.4, 0.5) is 0 Å². The third-order valence-corrected chi connectivity index (χ3v) is 10.3. The summed E-state index contributed by atoms with van der Waals surface area (Å²) < 4.78 is 49.3. The van der Waals surface area contributed by atoms with E-state index in [2.05, 4.69) is 0 Å². The van der Waals surface area contributed by atoms with Gasteiger partial charge in [0.25, 0.3) is 0 Å². The van der Waals surface area contributed by atoms with Crippen molar-refractivity contribution in [3.63, 3.8) is 0 Å². The minimum atomic E-state index is -3.78. The van der Waals surface area contributed by atoms with Crippen LogP contribution in [0.1, 0.15) is 20.5 Å². The predicted octanol–water partition coefficient (Wildman–Crippen LogP) is 3.42. The highest BCUT2D eigenvalue weighted by molar-refractivity contribution is 8.19. The zero-order valence-electron chi connectivity index (χ0n) is 18.3. The van der Waals surface area contributed by atoms with Crippen molar-refractivity contribution in [2.45, 2.75) is 9.48 Å². The summed E-state index contributed by atoms with van der Waals surface area (Å²) in [5.74, 6) is 2.36. The highest BCUT2D eigenvalue weighted by Crippen LogP contribution is 2.47. The molecule has 2 aromatic rings. The van der Waals surface area contributed by atoms with E-state index >= 15 is 0 Å². The van der Waals surface area contributed by atoms with Gasteiger partial charge in [-0.3, -0.25) is 0 Å². The first-order valence-corrected chi connectivity index (χ1v) is 13.9. The maximum Gasteiger partial charge on any atom is 0.347 e. The zero-order chi connectivity index (χ0) is 23.4. The van der Waals surface area contributed by atoms with Crippen molar-refractivity contribution in [2.75, 3.05) is 52.0 Å². The zero-order valence-corrected chi connectivity index (χ0v) is 20.8. The van der Waals surface area contributed by atoms with Crippen molar-refractivity contribution in [3.8, 4) is 17.2 Å². The van der Waals surface area contributed by atoms with Crippen LogP contribution in [0, 0.1) is 0 Å². The number of rotatable bonds is 7. The molecule has 0 atom stereocenters. The Morgan fingerprint density at radius 2 is 1.64 bits per heavy atom. The number of thioether (sulfide) groups is 2. The number of benzene rings is 2. The monoisotopic (exact) mass is 511 g/mol. The lowest BCUT2D eigenvalue weighted by Gasteiger charge is -2.26. The van der Waals surface area contributed by atoms with Gasteiger partial charge in [-0.15, -0.1) is 23.5 Å². The average molecular weight is 512 g/mol. The van der Waals surface area contributed by atoms with Gasteiger partial charge in [-0.25, -0.2) is 13.2 Å². The second kappa shape index (κ2) is 10.6. The molecule has 2 saturated heterocycles. The number of carbonyl (C=O) groups excluding carboxylic acids is 1. The number of methoxy groups -OCH3 is 2. The number of nitrogens with zero attached hydrogens (tertiary/aromatic N) is 1. The van der Waals surface area contributed by atoms with Gasteiger partial charge in [-0.05, 0) is 35.9 Å². The van der Waals surface area contributed by atoms with Crippen LogP contribution in [0.5, 0.6) is 17.2 Å². The molecule has 0 unspecified atom stereocenters. The molecule has 0 N–H and O–H groups in total. The van der Waals surface area contributed by atoms with Crippen molar-refractivity contribution in [3.05, 3.63) is 47.5 Å². The summed E-state index contributed by atoms with van der Waals surface area (Å²) >= 11 is 3.73. The molecule has 2 heterocycles. The van der Waals surface area contributed by atoms with Crippen molar-refractivity contribution in [1.82, 2.24) is 4.31 Å². The van der Waals surface area contributed by atoms with Gasteiger partial charge in [0, 0.05) is 24.6 Å². The van der Waals surface area contributed by atoms with Crippen LogP contribution in [0.2, 0.25) is 0 Å². The summed E-state index contributed by atoms with van der Waals surface area (Å²) in [7, 11) is -0.856. The van der Waals surface area contributed by atoms with Gasteiger partial charge < -0.3 is 18.9 Å². The quantitative estimate of drug-likeness (QED) is 0.410. The summed E-state index contributed by atoms with van der Waals surface area (Å²) in [5.41, 5.74) is 1.11. The highest BCUT2D eigenvalue weighted by Gasteiger charge is 2.29. The van der Waals surface area contributed by atoms with Gasteiger partial charge in [0.05, 0.1) is 36.9 Å². The molecule has 178 valence electrons. The van der Waals surface area contributed by atoms with Gasteiger partial charge in [0.1, 0.15) is 11.3 Å². The fourth-order valence-electron chi connectivity index (χ4n) is 3.56. The second-order valence-corrected chi connectivity index (χ2v) is 11.9. The fraction of sp³-hybridized carbons (Fsp3) is 0.409. The number of hydrogen-bond acceptors (Lipinski definition) is 9.